The molecule has 0 aliphatic heterocycles. The number of fused-ring (bicyclic) bond motifs is 1. The molecule has 0 spiro atoms. The van der Waals surface area contributed by atoms with Crippen molar-refractivity contribution >= 4 is 38.5 Å². The molecule has 8 heteroatoms. The molecule has 0 aliphatic carbocycles. The molecular formula is C19H14BrF2NO4. The molecule has 0 bridgehead atoms. The highest BCUT2D eigenvalue weighted by atomic mass is 79.9. The molecule has 1 amide bonds. The maximum Gasteiger partial charge on any atom is 0.336 e. The standard InChI is InChI=1S/C19H14BrF2NO4/c1-2-10-5-18(25)27-16-8-12(3-4-13(10)16)26-9-17(24)23-19-14(20)6-11(21)7-15(19)22/h3-8H,2,9H2,1H3,(H,23,24). The van der Waals surface area contributed by atoms with Gasteiger partial charge < -0.3 is 14.5 Å². The van der Waals surface area contributed by atoms with Gasteiger partial charge in [0.05, 0.1) is 5.69 Å². The van der Waals surface area contributed by atoms with Crippen molar-refractivity contribution in [2.24, 2.45) is 0 Å². The molecule has 0 fully saturated rings. The first kappa shape index (κ1) is 19.0. The van der Waals surface area contributed by atoms with Crippen LogP contribution in [0.5, 0.6) is 5.75 Å². The number of amides is 1. The molecular weight excluding hydrogens is 424 g/mol. The Hall–Kier alpha value is -2.74. The van der Waals surface area contributed by atoms with E-state index in [1.807, 2.05) is 6.92 Å². The molecule has 0 saturated carbocycles. The summed E-state index contributed by atoms with van der Waals surface area (Å²) in [6.45, 7) is 1.52. The van der Waals surface area contributed by atoms with Gasteiger partial charge in [0.2, 0.25) is 0 Å². The molecule has 1 N–H and O–H groups in total. The Labute approximate surface area is 161 Å². The van der Waals surface area contributed by atoms with Gasteiger partial charge in [0.1, 0.15) is 17.1 Å². The Morgan fingerprint density at radius 2 is 2.00 bits per heavy atom. The first-order valence-electron chi connectivity index (χ1n) is 8.01. The van der Waals surface area contributed by atoms with Crippen LogP contribution in [-0.2, 0) is 11.2 Å². The maximum atomic E-state index is 13.8. The first-order valence-corrected chi connectivity index (χ1v) is 8.80. The highest BCUT2D eigenvalue weighted by Gasteiger charge is 2.13. The number of rotatable bonds is 5. The van der Waals surface area contributed by atoms with E-state index in [4.69, 9.17) is 9.15 Å². The number of aryl methyl sites for hydroxylation is 1. The van der Waals surface area contributed by atoms with Crippen LogP contribution in [0.15, 0.2) is 50.1 Å². The summed E-state index contributed by atoms with van der Waals surface area (Å²) in [7, 11) is 0. The number of carbonyl (C=O) groups excluding carboxylic acids is 1. The Morgan fingerprint density at radius 3 is 2.70 bits per heavy atom. The summed E-state index contributed by atoms with van der Waals surface area (Å²) >= 11 is 2.99. The van der Waals surface area contributed by atoms with E-state index in [0.29, 0.717) is 23.8 Å². The van der Waals surface area contributed by atoms with Gasteiger partial charge in [0.15, 0.2) is 12.4 Å². The fourth-order valence-electron chi connectivity index (χ4n) is 2.58. The number of anilines is 1. The largest absolute Gasteiger partial charge is 0.484 e. The van der Waals surface area contributed by atoms with Gasteiger partial charge in [-0.2, -0.15) is 0 Å². The van der Waals surface area contributed by atoms with E-state index in [1.54, 1.807) is 12.1 Å². The van der Waals surface area contributed by atoms with Crippen LogP contribution in [0.3, 0.4) is 0 Å². The van der Waals surface area contributed by atoms with E-state index in [1.165, 1.54) is 12.1 Å². The Bertz CT molecular complexity index is 1060. The maximum absolute atomic E-state index is 13.8. The zero-order valence-electron chi connectivity index (χ0n) is 14.1. The van der Waals surface area contributed by atoms with Gasteiger partial charge in [-0.1, -0.05) is 6.92 Å². The molecule has 0 radical (unpaired) electrons. The van der Waals surface area contributed by atoms with Crippen molar-refractivity contribution in [3.8, 4) is 5.75 Å². The van der Waals surface area contributed by atoms with Crippen molar-refractivity contribution in [3.05, 3.63) is 68.5 Å². The van der Waals surface area contributed by atoms with Gasteiger partial charge >= 0.3 is 5.63 Å². The second-order valence-electron chi connectivity index (χ2n) is 5.68. The lowest BCUT2D eigenvalue weighted by molar-refractivity contribution is -0.118. The summed E-state index contributed by atoms with van der Waals surface area (Å²) in [5, 5.41) is 3.10. The van der Waals surface area contributed by atoms with E-state index in [0.717, 1.165) is 17.0 Å². The molecule has 0 aliphatic rings. The SMILES string of the molecule is CCc1cc(=O)oc2cc(OCC(=O)Nc3c(F)cc(F)cc3Br)ccc12. The van der Waals surface area contributed by atoms with Crippen molar-refractivity contribution in [2.75, 3.05) is 11.9 Å². The molecule has 2 aromatic carbocycles. The summed E-state index contributed by atoms with van der Waals surface area (Å²) < 4.78 is 37.5. The normalized spacial score (nSPS) is 10.8. The smallest absolute Gasteiger partial charge is 0.336 e. The first-order chi connectivity index (χ1) is 12.9. The van der Waals surface area contributed by atoms with Crippen LogP contribution in [0.25, 0.3) is 11.0 Å². The minimum atomic E-state index is -0.908. The number of benzene rings is 2. The predicted octanol–water partition coefficient (Wildman–Crippen LogP) is 4.41. The summed E-state index contributed by atoms with van der Waals surface area (Å²) in [6, 6.07) is 8.03. The lowest BCUT2D eigenvalue weighted by atomic mass is 10.1. The molecule has 0 atom stereocenters. The number of nitrogens with one attached hydrogen (secondary N) is 1. The van der Waals surface area contributed by atoms with E-state index >= 15 is 0 Å². The molecule has 3 aromatic rings. The highest BCUT2D eigenvalue weighted by Crippen LogP contribution is 2.27. The average Bonchev–Trinajstić information content (AvgIpc) is 2.61. The fourth-order valence-corrected chi connectivity index (χ4v) is 3.09. The van der Waals surface area contributed by atoms with E-state index in [9.17, 15) is 18.4 Å². The Kier molecular flexibility index (Phi) is 5.55. The second-order valence-corrected chi connectivity index (χ2v) is 6.54. The average molecular weight is 438 g/mol. The van der Waals surface area contributed by atoms with Crippen LogP contribution < -0.4 is 15.7 Å². The van der Waals surface area contributed by atoms with Crippen molar-refractivity contribution in [1.29, 1.82) is 0 Å². The lowest BCUT2D eigenvalue weighted by Crippen LogP contribution is -2.21. The highest BCUT2D eigenvalue weighted by molar-refractivity contribution is 9.10. The number of hydrogen-bond donors (Lipinski definition) is 1. The second kappa shape index (κ2) is 7.87. The van der Waals surface area contributed by atoms with Gasteiger partial charge in [-0.3, -0.25) is 4.79 Å². The molecule has 0 saturated heterocycles. The Balaban J connectivity index is 1.73. The van der Waals surface area contributed by atoms with Crippen LogP contribution in [0.4, 0.5) is 14.5 Å². The summed E-state index contributed by atoms with van der Waals surface area (Å²) in [5.74, 6) is -2.00. The third kappa shape index (κ3) is 4.33. The van der Waals surface area contributed by atoms with Crippen LogP contribution >= 0.6 is 15.9 Å². The lowest BCUT2D eigenvalue weighted by Gasteiger charge is -2.10. The molecule has 3 rings (SSSR count). The summed E-state index contributed by atoms with van der Waals surface area (Å²) in [5.41, 5.74) is 0.555. The van der Waals surface area contributed by atoms with Gasteiger partial charge in [0.25, 0.3) is 5.91 Å². The van der Waals surface area contributed by atoms with Crippen LogP contribution in [0.2, 0.25) is 0 Å². The van der Waals surface area contributed by atoms with Crippen LogP contribution in [0.1, 0.15) is 12.5 Å². The topological polar surface area (TPSA) is 68.5 Å². The third-order valence-corrected chi connectivity index (χ3v) is 4.45. The number of carbonyl (C=O) groups is 1. The van der Waals surface area contributed by atoms with Crippen LogP contribution in [0, 0.1) is 11.6 Å². The number of hydrogen-bond acceptors (Lipinski definition) is 4. The van der Waals surface area contributed by atoms with Crippen molar-refractivity contribution in [2.45, 2.75) is 13.3 Å². The van der Waals surface area contributed by atoms with Crippen molar-refractivity contribution in [3.63, 3.8) is 0 Å². The van der Waals surface area contributed by atoms with Crippen LogP contribution in [-0.4, -0.2) is 12.5 Å². The fraction of sp³-hybridized carbons (Fsp3) is 0.158. The van der Waals surface area contributed by atoms with Gasteiger partial charge in [-0.15, -0.1) is 0 Å². The van der Waals surface area contributed by atoms with E-state index in [-0.39, 0.29) is 10.2 Å². The minimum Gasteiger partial charge on any atom is -0.484 e. The third-order valence-electron chi connectivity index (χ3n) is 3.82. The summed E-state index contributed by atoms with van der Waals surface area (Å²) in [6.07, 6.45) is 0.669. The predicted molar refractivity (Wildman–Crippen MR) is 100 cm³/mol. The molecule has 1 aromatic heterocycles. The molecule has 0 unspecified atom stereocenters. The Morgan fingerprint density at radius 1 is 1.22 bits per heavy atom. The van der Waals surface area contributed by atoms with Gasteiger partial charge in [-0.25, -0.2) is 13.6 Å². The van der Waals surface area contributed by atoms with Gasteiger partial charge in [-0.05, 0) is 46.1 Å². The molecule has 1 heterocycles. The molecule has 5 nitrogen and oxygen atoms in total. The zero-order valence-corrected chi connectivity index (χ0v) is 15.7. The molecule has 140 valence electrons. The van der Waals surface area contributed by atoms with E-state index in [2.05, 4.69) is 21.2 Å². The minimum absolute atomic E-state index is 0.0768. The van der Waals surface area contributed by atoms with Crippen molar-refractivity contribution in [1.82, 2.24) is 0 Å². The van der Waals surface area contributed by atoms with Gasteiger partial charge in [0, 0.05) is 28.1 Å². The quantitative estimate of drug-likeness (QED) is 0.600. The monoisotopic (exact) mass is 437 g/mol. The van der Waals surface area contributed by atoms with Crippen molar-refractivity contribution < 1.29 is 22.7 Å². The number of ether oxygens (including phenoxy) is 1. The zero-order chi connectivity index (χ0) is 19.6. The summed E-state index contributed by atoms with van der Waals surface area (Å²) in [4.78, 5) is 23.6. The van der Waals surface area contributed by atoms with E-state index < -0.39 is 29.8 Å². The number of halogens is 3. The molecule has 27 heavy (non-hydrogen) atoms.